The number of rotatable bonds is 3. The maximum Gasteiger partial charge on any atom is 0.527 e. The van der Waals surface area contributed by atoms with E-state index in [1.165, 1.54) is 0 Å². The van der Waals surface area contributed by atoms with Gasteiger partial charge in [-0.1, -0.05) is 36.0 Å². The Balaban J connectivity index is 2.04. The van der Waals surface area contributed by atoms with Gasteiger partial charge in [-0.2, -0.15) is 0 Å². The molecule has 0 radical (unpaired) electrons. The average molecular weight is 351 g/mol. The zero-order chi connectivity index (χ0) is 16.6. The number of hydrogen-bond acceptors (Lipinski definition) is 5. The predicted octanol–water partition coefficient (Wildman–Crippen LogP) is 3.31. The summed E-state index contributed by atoms with van der Waals surface area (Å²) in [6.45, 7) is 1.56. The Morgan fingerprint density at radius 2 is 1.57 bits per heavy atom. The molecule has 8 heteroatoms. The fourth-order valence-electron chi connectivity index (χ4n) is 2.45. The summed E-state index contributed by atoms with van der Waals surface area (Å²) < 4.78 is 15.2. The number of phosphoric ester groups is 1. The molecule has 0 aromatic heterocycles. The summed E-state index contributed by atoms with van der Waals surface area (Å²) in [5, 5.41) is 0. The van der Waals surface area contributed by atoms with Crippen LogP contribution in [0.5, 0.6) is 0 Å². The van der Waals surface area contributed by atoms with Crippen LogP contribution in [-0.2, 0) is 13.9 Å². The number of phosphoric acid groups is 1. The van der Waals surface area contributed by atoms with Crippen molar-refractivity contribution in [3.05, 3.63) is 48.5 Å². The van der Waals surface area contributed by atoms with Gasteiger partial charge >= 0.3 is 13.8 Å². The average Bonchev–Trinajstić information content (AvgIpc) is 2.50. The molecule has 23 heavy (non-hydrogen) atoms. The highest BCUT2D eigenvalue weighted by Gasteiger charge is 2.34. The molecule has 0 aliphatic carbocycles. The van der Waals surface area contributed by atoms with Gasteiger partial charge in [0, 0.05) is 9.79 Å². The lowest BCUT2D eigenvalue weighted by Crippen LogP contribution is -2.37. The minimum atomic E-state index is -4.88. The minimum absolute atomic E-state index is 0.798. The molecular weight excluding hydrogens is 337 g/mol. The zero-order valence-electron chi connectivity index (χ0n) is 12.1. The van der Waals surface area contributed by atoms with Crippen LogP contribution in [0, 0.1) is 0 Å². The molecule has 2 aromatic rings. The van der Waals surface area contributed by atoms with Crippen molar-refractivity contribution >= 4 is 36.9 Å². The van der Waals surface area contributed by atoms with Gasteiger partial charge in [-0.15, -0.1) is 0 Å². The lowest BCUT2D eigenvalue weighted by molar-refractivity contribution is -0.136. The van der Waals surface area contributed by atoms with E-state index < -0.39 is 19.8 Å². The summed E-state index contributed by atoms with van der Waals surface area (Å²) in [5.74, 6) is -0.977. The quantitative estimate of drug-likeness (QED) is 0.820. The van der Waals surface area contributed by atoms with Crippen molar-refractivity contribution in [2.45, 2.75) is 22.8 Å². The van der Waals surface area contributed by atoms with Crippen LogP contribution in [-0.4, -0.2) is 21.8 Å². The molecule has 1 aliphatic heterocycles. The fourth-order valence-corrected chi connectivity index (χ4v) is 3.91. The van der Waals surface area contributed by atoms with Crippen LogP contribution < -0.4 is 4.90 Å². The topological polar surface area (TPSA) is 87.1 Å². The maximum absolute atomic E-state index is 12.1. The smallest absolute Gasteiger partial charge is 0.369 e. The van der Waals surface area contributed by atoms with Gasteiger partial charge < -0.3 is 9.42 Å². The molecule has 0 saturated heterocycles. The normalized spacial score (nSPS) is 14.7. The van der Waals surface area contributed by atoms with Gasteiger partial charge in [-0.25, -0.2) is 9.36 Å². The Hall–Kier alpha value is -1.79. The molecule has 1 aliphatic rings. The van der Waals surface area contributed by atoms with Gasteiger partial charge in [-0.3, -0.25) is 9.79 Å². The molecule has 0 fully saturated rings. The zero-order valence-corrected chi connectivity index (χ0v) is 13.8. The molecule has 1 heterocycles. The van der Waals surface area contributed by atoms with Gasteiger partial charge in [0.1, 0.15) is 6.04 Å². The van der Waals surface area contributed by atoms with Crippen molar-refractivity contribution in [1.29, 1.82) is 0 Å². The third-order valence-electron chi connectivity index (χ3n) is 3.41. The van der Waals surface area contributed by atoms with E-state index in [-0.39, 0.29) is 0 Å². The number of carbonyl (C=O) groups is 1. The van der Waals surface area contributed by atoms with Gasteiger partial charge in [0.15, 0.2) is 0 Å². The fraction of sp³-hybridized carbons (Fsp3) is 0.133. The predicted molar refractivity (Wildman–Crippen MR) is 86.7 cm³/mol. The number of hydrogen-bond donors (Lipinski definition) is 2. The van der Waals surface area contributed by atoms with Gasteiger partial charge in [0.25, 0.3) is 0 Å². The van der Waals surface area contributed by atoms with Crippen molar-refractivity contribution in [3.8, 4) is 0 Å². The van der Waals surface area contributed by atoms with E-state index in [0.717, 1.165) is 21.2 Å². The highest BCUT2D eigenvalue weighted by Crippen LogP contribution is 2.49. The van der Waals surface area contributed by atoms with E-state index in [9.17, 15) is 9.36 Å². The van der Waals surface area contributed by atoms with Crippen LogP contribution in [0.25, 0.3) is 0 Å². The maximum atomic E-state index is 12.1. The molecule has 1 unspecified atom stereocenters. The van der Waals surface area contributed by atoms with Crippen molar-refractivity contribution in [3.63, 3.8) is 0 Å². The monoisotopic (exact) mass is 351 g/mol. The second-order valence-electron chi connectivity index (χ2n) is 4.98. The van der Waals surface area contributed by atoms with Crippen LogP contribution in [0.3, 0.4) is 0 Å². The molecule has 0 bridgehead atoms. The molecule has 3 rings (SSSR count). The molecule has 0 spiro atoms. The molecule has 0 amide bonds. The molecule has 1 atom stereocenters. The number of fused-ring (bicyclic) bond motifs is 2. The third kappa shape index (κ3) is 3.28. The van der Waals surface area contributed by atoms with Crippen molar-refractivity contribution < 1.29 is 23.7 Å². The third-order valence-corrected chi connectivity index (χ3v) is 4.95. The first-order valence-corrected chi connectivity index (χ1v) is 9.15. The minimum Gasteiger partial charge on any atom is -0.369 e. The number of carbonyl (C=O) groups excluding carboxylic acids is 1. The van der Waals surface area contributed by atoms with Crippen LogP contribution in [0.4, 0.5) is 11.4 Å². The van der Waals surface area contributed by atoms with Gasteiger partial charge in [0.2, 0.25) is 0 Å². The second-order valence-corrected chi connectivity index (χ2v) is 7.23. The standard InChI is InChI=1S/C15H14NO5PS/c1-10(15(17)21-22(18,19)20)16-11-6-2-4-8-13(11)23-14-9-5-3-7-12(14)16/h2-10H,1H3,(H2,18,19,20). The Morgan fingerprint density at radius 3 is 2.04 bits per heavy atom. The van der Waals surface area contributed by atoms with Crippen molar-refractivity contribution in [2.24, 2.45) is 0 Å². The van der Waals surface area contributed by atoms with Crippen molar-refractivity contribution in [1.82, 2.24) is 0 Å². The summed E-state index contributed by atoms with van der Waals surface area (Å²) in [6, 6.07) is 14.2. The molecule has 2 aromatic carbocycles. The number of para-hydroxylation sites is 2. The molecule has 120 valence electrons. The van der Waals surface area contributed by atoms with E-state index in [1.807, 2.05) is 48.5 Å². The first-order valence-electron chi connectivity index (χ1n) is 6.81. The van der Waals surface area contributed by atoms with E-state index in [0.29, 0.717) is 0 Å². The van der Waals surface area contributed by atoms with E-state index in [2.05, 4.69) is 4.52 Å². The highest BCUT2D eigenvalue weighted by molar-refractivity contribution is 7.99. The summed E-state index contributed by atoms with van der Waals surface area (Å²) in [4.78, 5) is 33.5. The lowest BCUT2D eigenvalue weighted by atomic mass is 10.1. The Kier molecular flexibility index (Phi) is 4.21. The van der Waals surface area contributed by atoms with E-state index in [4.69, 9.17) is 9.79 Å². The Morgan fingerprint density at radius 1 is 1.09 bits per heavy atom. The highest BCUT2D eigenvalue weighted by atomic mass is 32.2. The summed E-state index contributed by atoms with van der Waals surface area (Å²) in [7, 11) is -4.88. The summed E-state index contributed by atoms with van der Waals surface area (Å²) >= 11 is 1.58. The lowest BCUT2D eigenvalue weighted by Gasteiger charge is -2.35. The van der Waals surface area contributed by atoms with E-state index in [1.54, 1.807) is 23.6 Å². The second kappa shape index (κ2) is 6.02. The molecule has 0 saturated carbocycles. The van der Waals surface area contributed by atoms with Gasteiger partial charge in [-0.05, 0) is 31.2 Å². The number of benzene rings is 2. The largest absolute Gasteiger partial charge is 0.527 e. The first kappa shape index (κ1) is 16.1. The Labute approximate surface area is 137 Å². The summed E-state index contributed by atoms with van der Waals surface area (Å²) in [6.07, 6.45) is 0. The van der Waals surface area contributed by atoms with Crippen LogP contribution in [0.1, 0.15) is 6.92 Å². The SMILES string of the molecule is CC(C(=O)OP(=O)(O)O)N1c2ccccc2Sc2ccccc21. The number of anilines is 2. The molecule has 6 nitrogen and oxygen atoms in total. The Bertz CT molecular complexity index is 760. The van der Waals surface area contributed by atoms with Crippen molar-refractivity contribution in [2.75, 3.05) is 4.90 Å². The number of nitrogens with zero attached hydrogens (tertiary/aromatic N) is 1. The van der Waals surface area contributed by atoms with Gasteiger partial charge in [0.05, 0.1) is 11.4 Å². The molecule has 2 N–H and O–H groups in total. The molecular formula is C15H14NO5PS. The van der Waals surface area contributed by atoms with Crippen LogP contribution in [0.15, 0.2) is 58.3 Å². The van der Waals surface area contributed by atoms with Crippen LogP contribution in [0.2, 0.25) is 0 Å². The summed E-state index contributed by atoms with van der Waals surface area (Å²) in [5.41, 5.74) is 1.60. The van der Waals surface area contributed by atoms with Crippen LogP contribution >= 0.6 is 19.6 Å². The first-order chi connectivity index (χ1) is 10.9. The van der Waals surface area contributed by atoms with E-state index >= 15 is 0 Å².